The van der Waals surface area contributed by atoms with Crippen molar-refractivity contribution in [3.05, 3.63) is 44.4 Å². The van der Waals surface area contributed by atoms with Gasteiger partial charge in [0.05, 0.1) is 28.8 Å². The molecule has 1 aromatic heterocycles. The highest BCUT2D eigenvalue weighted by Gasteiger charge is 2.38. The lowest BCUT2D eigenvalue weighted by molar-refractivity contribution is -0.142. The molecule has 10 heteroatoms. The molecule has 0 bridgehead atoms. The summed E-state index contributed by atoms with van der Waals surface area (Å²) < 4.78 is 4.96. The van der Waals surface area contributed by atoms with Gasteiger partial charge in [0, 0.05) is 17.5 Å². The standard InChI is InChI=1S/C24H27Cl2N3O4S/c1-2-33-21(30)10-16-13-34-24(27-16)28-22(31)20(8-14-6-4-3-5-7-14)29-12-15-9-18(25)19(26)11-17(15)23(29)32/h9,11,13-14,20H,2-8,10,12H2,1H3,(H,27,28,31)/t20-/m0/s1. The van der Waals surface area contributed by atoms with Crippen molar-refractivity contribution in [2.45, 2.75) is 64.5 Å². The number of esters is 1. The van der Waals surface area contributed by atoms with Crippen molar-refractivity contribution in [3.8, 4) is 0 Å². The Balaban J connectivity index is 1.52. The Labute approximate surface area is 212 Å². The second kappa shape index (κ2) is 11.1. The fourth-order valence-corrected chi connectivity index (χ4v) is 5.75. The van der Waals surface area contributed by atoms with Crippen LogP contribution in [0.5, 0.6) is 0 Å². The zero-order valence-corrected chi connectivity index (χ0v) is 21.3. The number of benzene rings is 1. The van der Waals surface area contributed by atoms with E-state index in [0.717, 1.165) is 31.2 Å². The molecule has 1 aromatic carbocycles. The quantitative estimate of drug-likeness (QED) is 0.462. The molecule has 182 valence electrons. The monoisotopic (exact) mass is 523 g/mol. The number of ether oxygens (including phenoxy) is 1. The Morgan fingerprint density at radius 2 is 1.97 bits per heavy atom. The Kier molecular flexibility index (Phi) is 8.11. The van der Waals surface area contributed by atoms with E-state index in [1.807, 2.05) is 0 Å². The van der Waals surface area contributed by atoms with Crippen LogP contribution in [-0.4, -0.2) is 40.3 Å². The molecular formula is C24H27Cl2N3O4S. The third-order valence-electron chi connectivity index (χ3n) is 6.35. The second-order valence-electron chi connectivity index (χ2n) is 8.73. The number of amides is 2. The van der Waals surface area contributed by atoms with Gasteiger partial charge >= 0.3 is 5.97 Å². The van der Waals surface area contributed by atoms with E-state index in [9.17, 15) is 14.4 Å². The van der Waals surface area contributed by atoms with Gasteiger partial charge in [0.15, 0.2) is 5.13 Å². The lowest BCUT2D eigenvalue weighted by Gasteiger charge is -2.31. The van der Waals surface area contributed by atoms with Crippen LogP contribution in [0.2, 0.25) is 10.0 Å². The van der Waals surface area contributed by atoms with Gasteiger partial charge < -0.3 is 15.0 Å². The highest BCUT2D eigenvalue weighted by atomic mass is 35.5. The number of nitrogens with one attached hydrogen (secondary N) is 1. The van der Waals surface area contributed by atoms with Crippen molar-refractivity contribution in [1.82, 2.24) is 9.88 Å². The van der Waals surface area contributed by atoms with Gasteiger partial charge in [-0.15, -0.1) is 11.3 Å². The van der Waals surface area contributed by atoms with Gasteiger partial charge in [0.25, 0.3) is 5.91 Å². The highest BCUT2D eigenvalue weighted by Crippen LogP contribution is 2.35. The predicted octanol–water partition coefficient (Wildman–Crippen LogP) is 5.49. The number of hydrogen-bond acceptors (Lipinski definition) is 6. The molecule has 2 heterocycles. The summed E-state index contributed by atoms with van der Waals surface area (Å²) in [4.78, 5) is 44.4. The van der Waals surface area contributed by atoms with E-state index in [1.54, 1.807) is 29.3 Å². The van der Waals surface area contributed by atoms with Crippen LogP contribution in [0.4, 0.5) is 5.13 Å². The van der Waals surface area contributed by atoms with Crippen LogP contribution in [0.1, 0.15) is 67.1 Å². The SMILES string of the molecule is CCOC(=O)Cc1csc(NC(=O)[C@H](CC2CCCCC2)N2Cc3cc(Cl)c(Cl)cc3C2=O)n1. The van der Waals surface area contributed by atoms with E-state index < -0.39 is 6.04 Å². The van der Waals surface area contributed by atoms with Gasteiger partial charge in [-0.25, -0.2) is 4.98 Å². The van der Waals surface area contributed by atoms with E-state index >= 15 is 0 Å². The molecule has 2 aromatic rings. The Morgan fingerprint density at radius 1 is 1.24 bits per heavy atom. The summed E-state index contributed by atoms with van der Waals surface area (Å²) in [6.07, 6.45) is 6.24. The minimum atomic E-state index is -0.641. The molecule has 7 nitrogen and oxygen atoms in total. The summed E-state index contributed by atoms with van der Waals surface area (Å²) in [6.45, 7) is 2.36. The molecule has 1 aliphatic carbocycles. The van der Waals surface area contributed by atoms with Crippen LogP contribution in [0.25, 0.3) is 0 Å². The number of rotatable bonds is 8. The van der Waals surface area contributed by atoms with Crippen LogP contribution < -0.4 is 5.32 Å². The number of anilines is 1. The lowest BCUT2D eigenvalue weighted by atomic mass is 9.84. The number of thiazole rings is 1. The maximum absolute atomic E-state index is 13.5. The van der Waals surface area contributed by atoms with Crippen molar-refractivity contribution in [2.24, 2.45) is 5.92 Å². The average molecular weight is 524 g/mol. The molecule has 0 unspecified atom stereocenters. The van der Waals surface area contributed by atoms with E-state index in [1.165, 1.54) is 17.8 Å². The molecule has 1 fully saturated rings. The fraction of sp³-hybridized carbons (Fsp3) is 0.500. The molecule has 2 aliphatic rings. The van der Waals surface area contributed by atoms with E-state index in [-0.39, 0.29) is 24.2 Å². The van der Waals surface area contributed by atoms with Crippen LogP contribution in [0.15, 0.2) is 17.5 Å². The first kappa shape index (κ1) is 24.9. The number of halogens is 2. The number of nitrogens with zero attached hydrogens (tertiary/aromatic N) is 2. The summed E-state index contributed by atoms with van der Waals surface area (Å²) in [6, 6.07) is 2.65. The van der Waals surface area contributed by atoms with Crippen LogP contribution in [0.3, 0.4) is 0 Å². The van der Waals surface area contributed by atoms with Crippen molar-refractivity contribution in [3.63, 3.8) is 0 Å². The number of carbonyl (C=O) groups is 3. The molecule has 1 N–H and O–H groups in total. The largest absolute Gasteiger partial charge is 0.466 e. The number of carbonyl (C=O) groups excluding carboxylic acids is 3. The van der Waals surface area contributed by atoms with Gasteiger partial charge in [-0.3, -0.25) is 14.4 Å². The maximum atomic E-state index is 13.5. The van der Waals surface area contributed by atoms with Crippen LogP contribution in [0, 0.1) is 5.92 Å². The van der Waals surface area contributed by atoms with Crippen LogP contribution in [-0.2, 0) is 27.3 Å². The fourth-order valence-electron chi connectivity index (χ4n) is 4.69. The third-order valence-corrected chi connectivity index (χ3v) is 7.88. The highest BCUT2D eigenvalue weighted by molar-refractivity contribution is 7.13. The molecule has 0 radical (unpaired) electrons. The Hall–Kier alpha value is -2.16. The maximum Gasteiger partial charge on any atom is 0.311 e. The Morgan fingerprint density at radius 3 is 2.71 bits per heavy atom. The smallest absolute Gasteiger partial charge is 0.311 e. The van der Waals surface area contributed by atoms with E-state index in [4.69, 9.17) is 27.9 Å². The molecular weight excluding hydrogens is 497 g/mol. The molecule has 1 aliphatic heterocycles. The minimum Gasteiger partial charge on any atom is -0.466 e. The minimum absolute atomic E-state index is 0.0488. The summed E-state index contributed by atoms with van der Waals surface area (Å²) in [5, 5.41) is 5.71. The molecule has 0 spiro atoms. The van der Waals surface area contributed by atoms with Crippen molar-refractivity contribution in [2.75, 3.05) is 11.9 Å². The summed E-state index contributed by atoms with van der Waals surface area (Å²) in [5.74, 6) is -0.477. The molecule has 1 saturated carbocycles. The predicted molar refractivity (Wildman–Crippen MR) is 132 cm³/mol. The molecule has 2 amide bonds. The second-order valence-corrected chi connectivity index (χ2v) is 10.4. The van der Waals surface area contributed by atoms with Crippen molar-refractivity contribution >= 4 is 57.5 Å². The van der Waals surface area contributed by atoms with Gasteiger partial charge in [0.2, 0.25) is 5.91 Å². The average Bonchev–Trinajstić information content (AvgIpc) is 3.37. The van der Waals surface area contributed by atoms with Gasteiger partial charge in [-0.05, 0) is 37.0 Å². The van der Waals surface area contributed by atoms with E-state index in [0.29, 0.717) is 51.9 Å². The lowest BCUT2D eigenvalue weighted by Crippen LogP contribution is -2.45. The molecule has 1 atom stereocenters. The number of hydrogen-bond donors (Lipinski definition) is 1. The first-order valence-electron chi connectivity index (χ1n) is 11.6. The first-order valence-corrected chi connectivity index (χ1v) is 13.2. The van der Waals surface area contributed by atoms with E-state index in [2.05, 4.69) is 10.3 Å². The van der Waals surface area contributed by atoms with Crippen molar-refractivity contribution in [1.29, 1.82) is 0 Å². The zero-order valence-electron chi connectivity index (χ0n) is 18.9. The number of aromatic nitrogens is 1. The summed E-state index contributed by atoms with van der Waals surface area (Å²) in [7, 11) is 0. The van der Waals surface area contributed by atoms with Crippen LogP contribution >= 0.6 is 34.5 Å². The molecule has 34 heavy (non-hydrogen) atoms. The van der Waals surface area contributed by atoms with Gasteiger partial charge in [-0.1, -0.05) is 55.3 Å². The zero-order chi connectivity index (χ0) is 24.2. The summed E-state index contributed by atoms with van der Waals surface area (Å²) >= 11 is 13.6. The number of fused-ring (bicyclic) bond motifs is 1. The van der Waals surface area contributed by atoms with Gasteiger partial charge in [0.1, 0.15) is 6.04 Å². The topological polar surface area (TPSA) is 88.6 Å². The Bertz CT molecular complexity index is 1080. The molecule has 4 rings (SSSR count). The normalized spacial score (nSPS) is 16.9. The molecule has 0 saturated heterocycles. The van der Waals surface area contributed by atoms with Crippen molar-refractivity contribution < 1.29 is 19.1 Å². The first-order chi connectivity index (χ1) is 16.4. The third kappa shape index (κ3) is 5.73. The summed E-state index contributed by atoms with van der Waals surface area (Å²) in [5.41, 5.74) is 1.80. The van der Waals surface area contributed by atoms with Gasteiger partial charge in [-0.2, -0.15) is 0 Å².